The van der Waals surface area contributed by atoms with Crippen LogP contribution in [0.2, 0.25) is 0 Å². The van der Waals surface area contributed by atoms with E-state index in [4.69, 9.17) is 9.47 Å². The number of benzene rings is 1. The molecule has 0 aliphatic rings. The molecule has 0 aromatic heterocycles. The summed E-state index contributed by atoms with van der Waals surface area (Å²) in [6.07, 6.45) is -2.31. The molecule has 1 unspecified atom stereocenters. The fraction of sp³-hybridized carbons (Fsp3) is 0.533. The topological polar surface area (TPSA) is 47.6 Å². The van der Waals surface area contributed by atoms with Gasteiger partial charge in [-0.15, -0.1) is 0 Å². The summed E-state index contributed by atoms with van der Waals surface area (Å²) in [6.45, 7) is 1.35. The van der Waals surface area contributed by atoms with Crippen molar-refractivity contribution in [3.63, 3.8) is 0 Å². The molecule has 1 N–H and O–H groups in total. The van der Waals surface area contributed by atoms with Crippen LogP contribution in [0, 0.1) is 0 Å². The fourth-order valence-corrected chi connectivity index (χ4v) is 2.11. The number of carbonyl (C=O) groups excluding carboxylic acids is 1. The van der Waals surface area contributed by atoms with Crippen LogP contribution in [-0.2, 0) is 19.8 Å². The van der Waals surface area contributed by atoms with E-state index in [1.165, 1.54) is 0 Å². The van der Waals surface area contributed by atoms with E-state index in [-0.39, 0.29) is 19.6 Å². The molecule has 0 bridgehead atoms. The Labute approximate surface area is 123 Å². The van der Waals surface area contributed by atoms with E-state index in [2.05, 4.69) is 5.32 Å². The normalized spacial score (nSPS) is 14.0. The summed E-state index contributed by atoms with van der Waals surface area (Å²) in [6, 6.07) is 9.03. The first-order chi connectivity index (χ1) is 10.1. The lowest BCUT2D eigenvalue weighted by atomic mass is 9.87. The van der Waals surface area contributed by atoms with Crippen LogP contribution in [0.5, 0.6) is 0 Å². The molecule has 6 heteroatoms. The zero-order valence-corrected chi connectivity index (χ0v) is 12.3. The van der Waals surface area contributed by atoms with Gasteiger partial charge < -0.3 is 14.8 Å². The van der Waals surface area contributed by atoms with Crippen LogP contribution in [0.1, 0.15) is 18.9 Å². The van der Waals surface area contributed by atoms with Crippen molar-refractivity contribution in [3.05, 3.63) is 35.9 Å². The van der Waals surface area contributed by atoms with E-state index < -0.39 is 24.5 Å². The van der Waals surface area contributed by atoms with Gasteiger partial charge in [-0.2, -0.15) is 0 Å². The molecule has 0 fully saturated rings. The molecule has 1 aromatic carbocycles. The monoisotopic (exact) mass is 301 g/mol. The number of alkyl halides is 2. The Morgan fingerprint density at radius 1 is 1.33 bits per heavy atom. The van der Waals surface area contributed by atoms with E-state index in [1.807, 2.05) is 6.07 Å². The highest BCUT2D eigenvalue weighted by Gasteiger charge is 2.40. The minimum Gasteiger partial charge on any atom is -0.464 e. The Bertz CT molecular complexity index is 428. The highest BCUT2D eigenvalue weighted by atomic mass is 19.3. The van der Waals surface area contributed by atoms with Crippen molar-refractivity contribution in [2.45, 2.75) is 25.3 Å². The third-order valence-electron chi connectivity index (χ3n) is 3.18. The van der Waals surface area contributed by atoms with Crippen molar-refractivity contribution in [2.75, 3.05) is 26.9 Å². The molecular formula is C15H21F2NO3. The van der Waals surface area contributed by atoms with E-state index >= 15 is 0 Å². The van der Waals surface area contributed by atoms with Crippen LogP contribution < -0.4 is 5.32 Å². The van der Waals surface area contributed by atoms with E-state index in [1.54, 1.807) is 38.2 Å². The lowest BCUT2D eigenvalue weighted by Crippen LogP contribution is -2.49. The van der Waals surface area contributed by atoms with E-state index in [0.29, 0.717) is 5.56 Å². The van der Waals surface area contributed by atoms with Gasteiger partial charge in [-0.05, 0) is 19.5 Å². The summed E-state index contributed by atoms with van der Waals surface area (Å²) >= 11 is 0. The molecule has 0 amide bonds. The number of halogens is 2. The minimum atomic E-state index is -2.52. The molecule has 4 nitrogen and oxygen atoms in total. The quantitative estimate of drug-likeness (QED) is 0.562. The smallest absolute Gasteiger partial charge is 0.331 e. The largest absolute Gasteiger partial charge is 0.464 e. The van der Waals surface area contributed by atoms with Gasteiger partial charge in [0.15, 0.2) is 0 Å². The van der Waals surface area contributed by atoms with Gasteiger partial charge in [-0.3, -0.25) is 0 Å². The van der Waals surface area contributed by atoms with Crippen molar-refractivity contribution < 1.29 is 23.0 Å². The number of ether oxygens (including phenoxy) is 2. The van der Waals surface area contributed by atoms with Gasteiger partial charge in [0.25, 0.3) is 6.43 Å². The molecule has 0 aliphatic carbocycles. The first kappa shape index (κ1) is 17.5. The van der Waals surface area contributed by atoms with Crippen molar-refractivity contribution >= 4 is 5.97 Å². The lowest BCUT2D eigenvalue weighted by Gasteiger charge is -2.31. The van der Waals surface area contributed by atoms with Gasteiger partial charge >= 0.3 is 5.97 Å². The van der Waals surface area contributed by atoms with Gasteiger partial charge in [-0.25, -0.2) is 13.6 Å². The van der Waals surface area contributed by atoms with Crippen molar-refractivity contribution in [3.8, 4) is 0 Å². The zero-order valence-electron chi connectivity index (χ0n) is 12.3. The highest BCUT2D eigenvalue weighted by molar-refractivity contribution is 5.82. The predicted octanol–water partition coefficient (Wildman–Crippen LogP) is 2.34. The van der Waals surface area contributed by atoms with Crippen LogP contribution in [-0.4, -0.2) is 39.3 Å². The Morgan fingerprint density at radius 2 is 2.00 bits per heavy atom. The van der Waals surface area contributed by atoms with Gasteiger partial charge in [-0.1, -0.05) is 30.3 Å². The molecule has 118 valence electrons. The summed E-state index contributed by atoms with van der Waals surface area (Å²) < 4.78 is 34.2. The van der Waals surface area contributed by atoms with Gasteiger partial charge in [0.05, 0.1) is 6.61 Å². The maximum atomic E-state index is 12.3. The molecule has 21 heavy (non-hydrogen) atoms. The summed E-state index contributed by atoms with van der Waals surface area (Å²) in [5.74, 6) is -0.445. The van der Waals surface area contributed by atoms with Crippen molar-refractivity contribution in [2.24, 2.45) is 0 Å². The summed E-state index contributed by atoms with van der Waals surface area (Å²) in [5, 5.41) is 2.96. The average molecular weight is 301 g/mol. The van der Waals surface area contributed by atoms with Crippen LogP contribution >= 0.6 is 0 Å². The Balaban J connectivity index is 2.90. The van der Waals surface area contributed by atoms with Crippen molar-refractivity contribution in [1.82, 2.24) is 5.32 Å². The molecule has 0 aliphatic heterocycles. The van der Waals surface area contributed by atoms with Gasteiger partial charge in [0.2, 0.25) is 0 Å². The molecule has 1 aromatic rings. The molecule has 0 spiro atoms. The molecule has 0 saturated heterocycles. The number of hydrogen-bond donors (Lipinski definition) is 1. The Kier molecular flexibility index (Phi) is 7.25. The summed E-state index contributed by atoms with van der Waals surface area (Å²) in [5.41, 5.74) is -0.383. The SMILES string of the molecule is CCOC(=O)C(CCOCC(F)F)(NC)c1ccccc1. The first-order valence-electron chi connectivity index (χ1n) is 6.84. The number of esters is 1. The highest BCUT2D eigenvalue weighted by Crippen LogP contribution is 2.26. The molecule has 0 radical (unpaired) electrons. The fourth-order valence-electron chi connectivity index (χ4n) is 2.11. The number of rotatable bonds is 9. The molecular weight excluding hydrogens is 280 g/mol. The van der Waals surface area contributed by atoms with Gasteiger partial charge in [0, 0.05) is 13.0 Å². The second-order valence-electron chi connectivity index (χ2n) is 4.46. The Hall–Kier alpha value is -1.53. The summed E-state index contributed by atoms with van der Waals surface area (Å²) in [4.78, 5) is 12.3. The van der Waals surface area contributed by atoms with Crippen LogP contribution in [0.25, 0.3) is 0 Å². The lowest BCUT2D eigenvalue weighted by molar-refractivity contribution is -0.152. The van der Waals surface area contributed by atoms with Crippen LogP contribution in [0.4, 0.5) is 8.78 Å². The average Bonchev–Trinajstić information content (AvgIpc) is 2.48. The van der Waals surface area contributed by atoms with E-state index in [0.717, 1.165) is 0 Å². The zero-order chi connectivity index (χ0) is 15.7. The standard InChI is InChI=1S/C15H21F2NO3/c1-3-21-14(19)15(18-2,9-10-20-11-13(16)17)12-7-5-4-6-8-12/h4-8,13,18H,3,9-11H2,1-2H3. The maximum absolute atomic E-state index is 12.3. The molecule has 0 saturated carbocycles. The second-order valence-corrected chi connectivity index (χ2v) is 4.46. The minimum absolute atomic E-state index is 0.0267. The first-order valence-corrected chi connectivity index (χ1v) is 6.84. The predicted molar refractivity (Wildman–Crippen MR) is 75.3 cm³/mol. The molecule has 1 atom stereocenters. The van der Waals surface area contributed by atoms with Crippen LogP contribution in [0.15, 0.2) is 30.3 Å². The summed E-state index contributed by atoms with van der Waals surface area (Å²) in [7, 11) is 1.64. The van der Waals surface area contributed by atoms with Gasteiger partial charge in [0.1, 0.15) is 12.1 Å². The third kappa shape index (κ3) is 4.75. The van der Waals surface area contributed by atoms with E-state index in [9.17, 15) is 13.6 Å². The third-order valence-corrected chi connectivity index (χ3v) is 3.18. The number of nitrogens with one attached hydrogen (secondary N) is 1. The molecule has 0 heterocycles. The molecule has 1 rings (SSSR count). The number of likely N-dealkylation sites (N-methyl/N-ethyl adjacent to an activating group) is 1. The Morgan fingerprint density at radius 3 is 2.52 bits per heavy atom. The van der Waals surface area contributed by atoms with Crippen molar-refractivity contribution in [1.29, 1.82) is 0 Å². The number of carbonyl (C=O) groups is 1. The van der Waals surface area contributed by atoms with Crippen LogP contribution in [0.3, 0.4) is 0 Å². The second kappa shape index (κ2) is 8.69. The maximum Gasteiger partial charge on any atom is 0.331 e. The number of hydrogen-bond acceptors (Lipinski definition) is 4.